The van der Waals surface area contributed by atoms with E-state index in [1.54, 1.807) is 25.1 Å². The van der Waals surface area contributed by atoms with Crippen molar-refractivity contribution >= 4 is 27.4 Å². The van der Waals surface area contributed by atoms with Crippen LogP contribution in [0.1, 0.15) is 16.6 Å². The highest BCUT2D eigenvalue weighted by atomic mass is 32.2. The van der Waals surface area contributed by atoms with Crippen LogP contribution in [0.5, 0.6) is 5.19 Å². The Balaban J connectivity index is 2.17. The Kier molecular flexibility index (Phi) is 4.35. The van der Waals surface area contributed by atoms with Gasteiger partial charge in [0.15, 0.2) is 0 Å². The number of carbonyl (C=O) groups excluding carboxylic acids is 1. The summed E-state index contributed by atoms with van der Waals surface area (Å²) in [5, 5.41) is -0.128. The first-order valence-electron chi connectivity index (χ1n) is 5.65. The van der Waals surface area contributed by atoms with E-state index >= 15 is 0 Å². The predicted molar refractivity (Wildman–Crippen MR) is 72.3 cm³/mol. The van der Waals surface area contributed by atoms with Crippen LogP contribution in [0, 0.1) is 0 Å². The molecule has 8 heteroatoms. The fraction of sp³-hybridized carbons (Fsp3) is 0.167. The second kappa shape index (κ2) is 6.02. The number of nitrogens with zero attached hydrogens (tertiary/aromatic N) is 1. The molecule has 0 atom stereocenters. The second-order valence-corrected chi connectivity index (χ2v) is 6.10. The summed E-state index contributed by atoms with van der Waals surface area (Å²) in [7, 11) is -3.94. The van der Waals surface area contributed by atoms with Crippen LogP contribution >= 0.6 is 11.3 Å². The predicted octanol–water partition coefficient (Wildman–Crippen LogP) is 2.09. The van der Waals surface area contributed by atoms with Crippen LogP contribution in [0.2, 0.25) is 0 Å². The third-order valence-electron chi connectivity index (χ3n) is 2.17. The van der Waals surface area contributed by atoms with E-state index in [-0.39, 0.29) is 21.6 Å². The minimum Gasteiger partial charge on any atom is -0.462 e. The maximum Gasteiger partial charge on any atom is 0.350 e. The Hall–Kier alpha value is -1.93. The van der Waals surface area contributed by atoms with E-state index in [0.717, 1.165) is 11.3 Å². The molecule has 0 N–H and O–H groups in total. The summed E-state index contributed by atoms with van der Waals surface area (Å²) in [6.07, 6.45) is 1.22. The summed E-state index contributed by atoms with van der Waals surface area (Å²) >= 11 is 0.815. The average Bonchev–Trinajstić information content (AvgIpc) is 2.88. The van der Waals surface area contributed by atoms with Crippen LogP contribution in [0.25, 0.3) is 0 Å². The molecule has 0 saturated heterocycles. The maximum atomic E-state index is 11.9. The molecule has 1 aromatic heterocycles. The molecule has 2 rings (SSSR count). The van der Waals surface area contributed by atoms with Crippen molar-refractivity contribution in [3.63, 3.8) is 0 Å². The number of rotatable bonds is 5. The van der Waals surface area contributed by atoms with Gasteiger partial charge in [0.05, 0.1) is 12.8 Å². The fourth-order valence-corrected chi connectivity index (χ4v) is 3.09. The Bertz CT molecular complexity index is 694. The zero-order valence-electron chi connectivity index (χ0n) is 10.5. The lowest BCUT2D eigenvalue weighted by atomic mass is 10.4. The number of hydrogen-bond donors (Lipinski definition) is 0. The van der Waals surface area contributed by atoms with Gasteiger partial charge >= 0.3 is 16.1 Å². The van der Waals surface area contributed by atoms with E-state index in [1.165, 1.54) is 18.3 Å². The normalized spacial score (nSPS) is 11.1. The molecule has 0 saturated carbocycles. The molecule has 2 aromatic rings. The quantitative estimate of drug-likeness (QED) is 0.621. The number of esters is 1. The van der Waals surface area contributed by atoms with E-state index in [9.17, 15) is 13.2 Å². The molecule has 1 aromatic carbocycles. The van der Waals surface area contributed by atoms with E-state index in [4.69, 9.17) is 8.92 Å². The fourth-order valence-electron chi connectivity index (χ4n) is 1.32. The van der Waals surface area contributed by atoms with E-state index in [1.807, 2.05) is 0 Å². The monoisotopic (exact) mass is 313 g/mol. The molecule has 0 spiro atoms. The van der Waals surface area contributed by atoms with Gasteiger partial charge in [0.25, 0.3) is 5.19 Å². The lowest BCUT2D eigenvalue weighted by Gasteiger charge is -2.02. The van der Waals surface area contributed by atoms with Crippen molar-refractivity contribution < 1.29 is 22.1 Å². The lowest BCUT2D eigenvalue weighted by molar-refractivity contribution is 0.0532. The first kappa shape index (κ1) is 14.5. The van der Waals surface area contributed by atoms with Gasteiger partial charge in [-0.05, 0) is 19.1 Å². The van der Waals surface area contributed by atoms with Crippen LogP contribution in [0.15, 0.2) is 41.4 Å². The second-order valence-electron chi connectivity index (χ2n) is 3.56. The molecule has 0 aliphatic heterocycles. The summed E-state index contributed by atoms with van der Waals surface area (Å²) in [4.78, 5) is 15.4. The van der Waals surface area contributed by atoms with Crippen molar-refractivity contribution in [2.24, 2.45) is 0 Å². The van der Waals surface area contributed by atoms with Crippen LogP contribution < -0.4 is 4.18 Å². The van der Waals surface area contributed by atoms with Crippen LogP contribution in [-0.4, -0.2) is 26.0 Å². The summed E-state index contributed by atoms with van der Waals surface area (Å²) in [5.74, 6) is -0.558. The highest BCUT2D eigenvalue weighted by Gasteiger charge is 2.20. The van der Waals surface area contributed by atoms with Crippen molar-refractivity contribution in [1.29, 1.82) is 0 Å². The van der Waals surface area contributed by atoms with Gasteiger partial charge in [-0.15, -0.1) is 0 Å². The zero-order chi connectivity index (χ0) is 14.6. The molecule has 0 bridgehead atoms. The summed E-state index contributed by atoms with van der Waals surface area (Å²) in [5.41, 5.74) is 0. The van der Waals surface area contributed by atoms with Crippen LogP contribution in [0.3, 0.4) is 0 Å². The molecular weight excluding hydrogens is 302 g/mol. The number of benzene rings is 1. The number of ether oxygens (including phenoxy) is 1. The van der Waals surface area contributed by atoms with Gasteiger partial charge in [0.1, 0.15) is 9.77 Å². The molecule has 0 fully saturated rings. The van der Waals surface area contributed by atoms with Crippen LogP contribution in [0.4, 0.5) is 0 Å². The molecule has 0 aliphatic carbocycles. The Morgan fingerprint density at radius 1 is 1.30 bits per heavy atom. The zero-order valence-corrected chi connectivity index (χ0v) is 12.1. The van der Waals surface area contributed by atoms with E-state index in [0.29, 0.717) is 0 Å². The SMILES string of the molecule is CCOC(=O)c1cnc(OS(=O)(=O)c2ccccc2)s1. The van der Waals surface area contributed by atoms with Crippen molar-refractivity contribution in [2.45, 2.75) is 11.8 Å². The molecule has 1 heterocycles. The van der Waals surface area contributed by atoms with Gasteiger partial charge in [-0.2, -0.15) is 8.42 Å². The molecule has 6 nitrogen and oxygen atoms in total. The molecule has 0 amide bonds. The van der Waals surface area contributed by atoms with E-state index in [2.05, 4.69) is 4.98 Å². The number of hydrogen-bond acceptors (Lipinski definition) is 7. The van der Waals surface area contributed by atoms with E-state index < -0.39 is 16.1 Å². The Morgan fingerprint density at radius 2 is 2.00 bits per heavy atom. The molecule has 106 valence electrons. The smallest absolute Gasteiger partial charge is 0.350 e. The molecule has 20 heavy (non-hydrogen) atoms. The van der Waals surface area contributed by atoms with Gasteiger partial charge in [0, 0.05) is 0 Å². The Labute approximate surface area is 120 Å². The minimum atomic E-state index is -3.94. The van der Waals surface area contributed by atoms with Crippen molar-refractivity contribution in [3.05, 3.63) is 41.4 Å². The van der Waals surface area contributed by atoms with Gasteiger partial charge < -0.3 is 8.92 Å². The standard InChI is InChI=1S/C12H11NO5S2/c1-2-17-11(14)10-8-13-12(19-10)18-20(15,16)9-6-4-3-5-7-9/h3-8H,2H2,1H3. The van der Waals surface area contributed by atoms with Crippen molar-refractivity contribution in [3.8, 4) is 5.19 Å². The number of thiazole rings is 1. The molecule has 0 aliphatic rings. The maximum absolute atomic E-state index is 11.9. The number of aromatic nitrogens is 1. The summed E-state index contributed by atoms with van der Waals surface area (Å²) in [6.45, 7) is 1.91. The Morgan fingerprint density at radius 3 is 2.65 bits per heavy atom. The lowest BCUT2D eigenvalue weighted by Crippen LogP contribution is -2.09. The van der Waals surface area contributed by atoms with Crippen molar-refractivity contribution in [1.82, 2.24) is 4.98 Å². The minimum absolute atomic E-state index is 0.0212. The topological polar surface area (TPSA) is 82.6 Å². The molecule has 0 radical (unpaired) electrons. The largest absolute Gasteiger partial charge is 0.462 e. The number of carbonyl (C=O) groups is 1. The first-order valence-corrected chi connectivity index (χ1v) is 7.88. The van der Waals surface area contributed by atoms with Crippen LogP contribution in [-0.2, 0) is 14.9 Å². The highest BCUT2D eigenvalue weighted by Crippen LogP contribution is 2.24. The third-order valence-corrected chi connectivity index (χ3v) is 4.36. The first-order chi connectivity index (χ1) is 9.53. The highest BCUT2D eigenvalue weighted by molar-refractivity contribution is 7.87. The molecule has 0 unspecified atom stereocenters. The molecular formula is C12H11NO5S2. The van der Waals surface area contributed by atoms with Gasteiger partial charge in [-0.3, -0.25) is 0 Å². The van der Waals surface area contributed by atoms with Gasteiger partial charge in [0.2, 0.25) is 0 Å². The van der Waals surface area contributed by atoms with Crippen molar-refractivity contribution in [2.75, 3.05) is 6.61 Å². The van der Waals surface area contributed by atoms with Gasteiger partial charge in [-0.1, -0.05) is 29.5 Å². The average molecular weight is 313 g/mol. The summed E-state index contributed by atoms with van der Waals surface area (Å²) in [6, 6.07) is 7.69. The third kappa shape index (κ3) is 3.34. The summed E-state index contributed by atoms with van der Waals surface area (Å²) < 4.78 is 33.5. The van der Waals surface area contributed by atoms with Gasteiger partial charge in [-0.25, -0.2) is 9.78 Å².